The van der Waals surface area contributed by atoms with Crippen LogP contribution in [0.4, 0.5) is 5.82 Å². The summed E-state index contributed by atoms with van der Waals surface area (Å²) in [7, 11) is 5.67. The standard InChI is InChI=1S/C25H31N5O/c1-7-19(17-30(5)6)20-9-8-10-21(14-20)24-28-16-23(25(29-24)27-11-12-31)22(15-26-4)13-18(2)3/h7-10,13-17,31H,1-2,11-12H2,3-6H3,(H,27,28,29)/b19-17+,22-13+,26-15?. The monoisotopic (exact) mass is 417 g/mol. The summed E-state index contributed by atoms with van der Waals surface area (Å²) in [5.41, 5.74) is 5.45. The number of anilines is 1. The molecule has 0 unspecified atom stereocenters. The van der Waals surface area contributed by atoms with E-state index in [1.54, 1.807) is 19.5 Å². The van der Waals surface area contributed by atoms with E-state index < -0.39 is 0 Å². The Hall–Kier alpha value is -3.51. The molecule has 2 rings (SSSR count). The maximum absolute atomic E-state index is 9.31. The summed E-state index contributed by atoms with van der Waals surface area (Å²) in [5, 5.41) is 12.5. The molecule has 2 N–H and O–H groups in total. The molecule has 0 spiro atoms. The van der Waals surface area contributed by atoms with Crippen molar-refractivity contribution in [2.24, 2.45) is 4.99 Å². The molecule has 1 aromatic carbocycles. The average Bonchev–Trinajstić information content (AvgIpc) is 2.75. The zero-order valence-corrected chi connectivity index (χ0v) is 18.8. The fraction of sp³-hybridized carbons (Fsp3) is 0.240. The van der Waals surface area contributed by atoms with E-state index >= 15 is 0 Å². The molecular weight excluding hydrogens is 386 g/mol. The Kier molecular flexibility index (Phi) is 8.91. The van der Waals surface area contributed by atoms with E-state index in [0.717, 1.165) is 33.4 Å². The number of aliphatic imine (C=N–C) groups is 1. The number of hydrogen-bond acceptors (Lipinski definition) is 6. The van der Waals surface area contributed by atoms with Crippen molar-refractivity contribution < 1.29 is 5.11 Å². The van der Waals surface area contributed by atoms with Crippen LogP contribution in [0.25, 0.3) is 22.5 Å². The molecule has 1 heterocycles. The largest absolute Gasteiger partial charge is 0.395 e. The fourth-order valence-electron chi connectivity index (χ4n) is 2.99. The molecular formula is C25H31N5O. The SMILES string of the molecule is C=C/C(=C\N(C)C)c1cccc(-c2ncc(/C(C=NC)=C/C(=C)C)c(NCCO)n2)c1. The maximum atomic E-state index is 9.31. The normalized spacial score (nSPS) is 12.2. The van der Waals surface area contributed by atoms with Crippen LogP contribution < -0.4 is 5.32 Å². The molecule has 0 amide bonds. The minimum Gasteiger partial charge on any atom is -0.395 e. The first-order chi connectivity index (χ1) is 14.9. The van der Waals surface area contributed by atoms with Crippen LogP contribution in [-0.4, -0.2) is 60.5 Å². The van der Waals surface area contributed by atoms with Crippen LogP contribution in [0.3, 0.4) is 0 Å². The molecule has 31 heavy (non-hydrogen) atoms. The van der Waals surface area contributed by atoms with Crippen LogP contribution in [0, 0.1) is 0 Å². The van der Waals surface area contributed by atoms with Gasteiger partial charge in [0, 0.05) is 63.0 Å². The molecule has 0 aliphatic rings. The molecule has 162 valence electrons. The zero-order chi connectivity index (χ0) is 22.8. The van der Waals surface area contributed by atoms with Gasteiger partial charge in [0.25, 0.3) is 0 Å². The zero-order valence-electron chi connectivity index (χ0n) is 18.8. The third kappa shape index (κ3) is 6.76. The van der Waals surface area contributed by atoms with E-state index in [1.807, 2.05) is 68.5 Å². The number of nitrogens with one attached hydrogen (secondary N) is 1. The lowest BCUT2D eigenvalue weighted by Gasteiger charge is -2.14. The molecule has 0 saturated heterocycles. The molecule has 0 bridgehead atoms. The molecule has 0 radical (unpaired) electrons. The molecule has 0 saturated carbocycles. The third-order valence-electron chi connectivity index (χ3n) is 4.25. The van der Waals surface area contributed by atoms with Crippen LogP contribution in [0.2, 0.25) is 0 Å². The molecule has 6 heteroatoms. The number of rotatable bonds is 10. The van der Waals surface area contributed by atoms with Gasteiger partial charge in [-0.25, -0.2) is 9.97 Å². The summed E-state index contributed by atoms with van der Waals surface area (Å²) in [4.78, 5) is 15.5. The van der Waals surface area contributed by atoms with Crippen molar-refractivity contribution in [3.8, 4) is 11.4 Å². The van der Waals surface area contributed by atoms with Crippen molar-refractivity contribution in [3.63, 3.8) is 0 Å². The van der Waals surface area contributed by atoms with Crippen LogP contribution in [0.15, 0.2) is 72.5 Å². The first kappa shape index (κ1) is 23.8. The van der Waals surface area contributed by atoms with Crippen LogP contribution in [0.1, 0.15) is 18.1 Å². The van der Waals surface area contributed by atoms with Gasteiger partial charge < -0.3 is 15.3 Å². The van der Waals surface area contributed by atoms with Crippen LogP contribution in [-0.2, 0) is 0 Å². The van der Waals surface area contributed by atoms with Gasteiger partial charge in [0.15, 0.2) is 5.82 Å². The predicted molar refractivity (Wildman–Crippen MR) is 132 cm³/mol. The molecule has 6 nitrogen and oxygen atoms in total. The second-order valence-electron chi connectivity index (χ2n) is 7.27. The van der Waals surface area contributed by atoms with Gasteiger partial charge in [0.1, 0.15) is 5.82 Å². The highest BCUT2D eigenvalue weighted by atomic mass is 16.3. The first-order valence-electron chi connectivity index (χ1n) is 10.0. The summed E-state index contributed by atoms with van der Waals surface area (Å²) in [6.07, 6.45) is 9.30. The van der Waals surface area contributed by atoms with Crippen LogP contribution in [0.5, 0.6) is 0 Å². The smallest absolute Gasteiger partial charge is 0.161 e. The molecule has 0 aliphatic heterocycles. The summed E-state index contributed by atoms with van der Waals surface area (Å²) < 4.78 is 0. The molecule has 1 aromatic heterocycles. The van der Waals surface area contributed by atoms with E-state index in [1.165, 1.54) is 0 Å². The van der Waals surface area contributed by atoms with E-state index in [-0.39, 0.29) is 6.61 Å². The predicted octanol–water partition coefficient (Wildman–Crippen LogP) is 4.30. The lowest BCUT2D eigenvalue weighted by Crippen LogP contribution is -2.11. The highest BCUT2D eigenvalue weighted by molar-refractivity contribution is 6.12. The molecule has 0 atom stereocenters. The first-order valence-corrected chi connectivity index (χ1v) is 10.0. The topological polar surface area (TPSA) is 73.6 Å². The van der Waals surface area contributed by atoms with Crippen molar-refractivity contribution in [1.29, 1.82) is 0 Å². The molecule has 0 aliphatic carbocycles. The number of aliphatic hydroxyl groups excluding tert-OH is 1. The van der Waals surface area contributed by atoms with Crippen molar-refractivity contribution in [1.82, 2.24) is 14.9 Å². The van der Waals surface area contributed by atoms with Crippen molar-refractivity contribution >= 4 is 23.2 Å². The minimum atomic E-state index is -0.00626. The van der Waals surface area contributed by atoms with Crippen molar-refractivity contribution in [3.05, 3.63) is 78.7 Å². The Bertz CT molecular complexity index is 1020. The van der Waals surface area contributed by atoms with Crippen molar-refractivity contribution in [2.45, 2.75) is 6.92 Å². The van der Waals surface area contributed by atoms with E-state index in [0.29, 0.717) is 18.2 Å². The fourth-order valence-corrected chi connectivity index (χ4v) is 2.99. The molecule has 0 fully saturated rings. The van der Waals surface area contributed by atoms with Gasteiger partial charge >= 0.3 is 0 Å². The Morgan fingerprint density at radius 2 is 2.06 bits per heavy atom. The van der Waals surface area contributed by atoms with Gasteiger partial charge in [0.05, 0.1) is 6.61 Å². The molecule has 2 aromatic rings. The summed E-state index contributed by atoms with van der Waals surface area (Å²) >= 11 is 0. The Labute approximate surface area is 185 Å². The van der Waals surface area contributed by atoms with Gasteiger partial charge in [-0.3, -0.25) is 4.99 Å². The maximum Gasteiger partial charge on any atom is 0.161 e. The second kappa shape index (κ2) is 11.6. The quantitative estimate of drug-likeness (QED) is 0.445. The lowest BCUT2D eigenvalue weighted by molar-refractivity contribution is 0.311. The summed E-state index contributed by atoms with van der Waals surface area (Å²) in [5.74, 6) is 1.21. The minimum absolute atomic E-state index is 0.00626. The van der Waals surface area contributed by atoms with Crippen molar-refractivity contribution in [2.75, 3.05) is 39.6 Å². The number of hydrogen-bond donors (Lipinski definition) is 2. The van der Waals surface area contributed by atoms with E-state index in [9.17, 15) is 5.11 Å². The highest BCUT2D eigenvalue weighted by Gasteiger charge is 2.12. The van der Waals surface area contributed by atoms with Gasteiger partial charge in [-0.1, -0.05) is 49.1 Å². The number of benzene rings is 1. The van der Waals surface area contributed by atoms with Gasteiger partial charge in [-0.2, -0.15) is 0 Å². The lowest BCUT2D eigenvalue weighted by atomic mass is 10.0. The highest BCUT2D eigenvalue weighted by Crippen LogP contribution is 2.27. The van der Waals surface area contributed by atoms with E-state index in [2.05, 4.69) is 28.5 Å². The van der Waals surface area contributed by atoms with Gasteiger partial charge in [0.2, 0.25) is 0 Å². The van der Waals surface area contributed by atoms with Gasteiger partial charge in [-0.15, -0.1) is 0 Å². The van der Waals surface area contributed by atoms with E-state index in [4.69, 9.17) is 4.98 Å². The van der Waals surface area contributed by atoms with Crippen LogP contribution >= 0.6 is 0 Å². The number of allylic oxidation sites excluding steroid dienone is 5. The second-order valence-corrected chi connectivity index (χ2v) is 7.27. The number of aliphatic hydroxyl groups is 1. The third-order valence-corrected chi connectivity index (χ3v) is 4.25. The Balaban J connectivity index is 2.57. The van der Waals surface area contributed by atoms with Gasteiger partial charge in [-0.05, 0) is 24.1 Å². The number of aromatic nitrogens is 2. The Morgan fingerprint density at radius 1 is 1.29 bits per heavy atom. The average molecular weight is 418 g/mol. The number of nitrogens with zero attached hydrogens (tertiary/aromatic N) is 4. The Morgan fingerprint density at radius 3 is 2.68 bits per heavy atom. The summed E-state index contributed by atoms with van der Waals surface area (Å²) in [6, 6.07) is 8.03. The summed E-state index contributed by atoms with van der Waals surface area (Å²) in [6.45, 7) is 10.2.